The molecule has 21 heavy (non-hydrogen) atoms. The van der Waals surface area contributed by atoms with Crippen LogP contribution in [0.2, 0.25) is 0 Å². The summed E-state index contributed by atoms with van der Waals surface area (Å²) >= 11 is 0. The fourth-order valence-corrected chi connectivity index (χ4v) is 2.19. The van der Waals surface area contributed by atoms with Crippen LogP contribution in [0.4, 0.5) is 5.69 Å². The Kier molecular flexibility index (Phi) is 5.73. The van der Waals surface area contributed by atoms with Crippen molar-refractivity contribution in [3.05, 3.63) is 29.3 Å². The van der Waals surface area contributed by atoms with Gasteiger partial charge >= 0.3 is 0 Å². The Bertz CT molecular complexity index is 482. The molecule has 1 atom stereocenters. The molecule has 5 heteroatoms. The first-order chi connectivity index (χ1) is 10.1. The molecule has 1 aromatic rings. The summed E-state index contributed by atoms with van der Waals surface area (Å²) in [5, 5.41) is 6.12. The van der Waals surface area contributed by atoms with Crippen LogP contribution < -0.4 is 10.6 Å². The van der Waals surface area contributed by atoms with Crippen LogP contribution in [0, 0.1) is 6.92 Å². The Hall–Kier alpha value is -1.43. The molecule has 1 aromatic carbocycles. The van der Waals surface area contributed by atoms with Gasteiger partial charge in [-0.1, -0.05) is 12.1 Å². The van der Waals surface area contributed by atoms with Gasteiger partial charge in [0.1, 0.15) is 6.04 Å². The summed E-state index contributed by atoms with van der Waals surface area (Å²) in [4.78, 5) is 12.2. The van der Waals surface area contributed by atoms with E-state index < -0.39 is 0 Å². The maximum absolute atomic E-state index is 12.2. The third-order valence-corrected chi connectivity index (χ3v) is 3.51. The first-order valence-electron chi connectivity index (χ1n) is 7.40. The highest BCUT2D eigenvalue weighted by Crippen LogP contribution is 2.20. The number of anilines is 1. The molecule has 5 nitrogen and oxygen atoms in total. The maximum Gasteiger partial charge on any atom is 0.243 e. The molecule has 0 radical (unpaired) electrons. The summed E-state index contributed by atoms with van der Waals surface area (Å²) in [7, 11) is 0. The molecule has 0 unspecified atom stereocenters. The van der Waals surface area contributed by atoms with Crippen LogP contribution in [-0.2, 0) is 20.9 Å². The van der Waals surface area contributed by atoms with Gasteiger partial charge in [0, 0.05) is 12.2 Å². The molecule has 0 aliphatic carbocycles. The average Bonchev–Trinajstić information content (AvgIpc) is 2.49. The third kappa shape index (κ3) is 4.52. The molecular weight excluding hydrogens is 268 g/mol. The molecule has 0 saturated carbocycles. The standard InChI is InChI=1S/C16H24N2O3/c1-11(2)21-9-13-5-4-6-14(12(13)3)18-16(19)15-10-20-8-7-17-15/h4-6,11,15,17H,7-10H2,1-3H3,(H,18,19)/t15-/m1/s1. The van der Waals surface area contributed by atoms with E-state index >= 15 is 0 Å². The summed E-state index contributed by atoms with van der Waals surface area (Å²) in [6.07, 6.45) is 0.186. The van der Waals surface area contributed by atoms with Crippen molar-refractivity contribution in [3.63, 3.8) is 0 Å². The van der Waals surface area contributed by atoms with E-state index in [9.17, 15) is 4.79 Å². The van der Waals surface area contributed by atoms with Crippen molar-refractivity contribution in [2.24, 2.45) is 0 Å². The van der Waals surface area contributed by atoms with Crippen LogP contribution in [0.25, 0.3) is 0 Å². The van der Waals surface area contributed by atoms with E-state index in [2.05, 4.69) is 10.6 Å². The van der Waals surface area contributed by atoms with Crippen LogP contribution >= 0.6 is 0 Å². The zero-order chi connectivity index (χ0) is 15.2. The Morgan fingerprint density at radius 1 is 1.52 bits per heavy atom. The van der Waals surface area contributed by atoms with Gasteiger partial charge in [-0.25, -0.2) is 0 Å². The van der Waals surface area contributed by atoms with Crippen molar-refractivity contribution in [3.8, 4) is 0 Å². The zero-order valence-corrected chi connectivity index (χ0v) is 12.9. The van der Waals surface area contributed by atoms with Crippen LogP contribution in [0.5, 0.6) is 0 Å². The molecule has 1 fully saturated rings. The number of morpholine rings is 1. The minimum Gasteiger partial charge on any atom is -0.378 e. The van der Waals surface area contributed by atoms with Gasteiger partial charge in [-0.05, 0) is 38.0 Å². The number of hydrogen-bond acceptors (Lipinski definition) is 4. The lowest BCUT2D eigenvalue weighted by Crippen LogP contribution is -2.48. The largest absolute Gasteiger partial charge is 0.378 e. The van der Waals surface area contributed by atoms with Gasteiger partial charge in [-0.2, -0.15) is 0 Å². The van der Waals surface area contributed by atoms with E-state index in [1.54, 1.807) is 0 Å². The Balaban J connectivity index is 2.02. The summed E-state index contributed by atoms with van der Waals surface area (Å²) in [6, 6.07) is 5.59. The van der Waals surface area contributed by atoms with Crippen molar-refractivity contribution in [2.45, 2.75) is 39.5 Å². The van der Waals surface area contributed by atoms with Crippen molar-refractivity contribution < 1.29 is 14.3 Å². The van der Waals surface area contributed by atoms with Crippen LogP contribution in [0.3, 0.4) is 0 Å². The minimum absolute atomic E-state index is 0.0558. The van der Waals surface area contributed by atoms with Crippen molar-refractivity contribution in [2.75, 3.05) is 25.1 Å². The Morgan fingerprint density at radius 2 is 2.33 bits per heavy atom. The third-order valence-electron chi connectivity index (χ3n) is 3.51. The lowest BCUT2D eigenvalue weighted by Gasteiger charge is -2.23. The van der Waals surface area contributed by atoms with Gasteiger partial charge in [0.2, 0.25) is 5.91 Å². The predicted molar refractivity (Wildman–Crippen MR) is 82.3 cm³/mol. The van der Waals surface area contributed by atoms with E-state index in [1.807, 2.05) is 39.0 Å². The van der Waals surface area contributed by atoms with Crippen molar-refractivity contribution in [1.29, 1.82) is 0 Å². The fraction of sp³-hybridized carbons (Fsp3) is 0.562. The SMILES string of the molecule is Cc1c(COC(C)C)cccc1NC(=O)[C@H]1COCCN1. The molecule has 0 aromatic heterocycles. The van der Waals surface area contributed by atoms with E-state index in [0.29, 0.717) is 26.4 Å². The fourth-order valence-electron chi connectivity index (χ4n) is 2.19. The van der Waals surface area contributed by atoms with Gasteiger partial charge in [0.15, 0.2) is 0 Å². The average molecular weight is 292 g/mol. The van der Waals surface area contributed by atoms with Crippen LogP contribution in [0.15, 0.2) is 18.2 Å². The number of carbonyl (C=O) groups is 1. The van der Waals surface area contributed by atoms with Crippen LogP contribution in [-0.4, -0.2) is 37.8 Å². The molecule has 1 aliphatic rings. The molecular formula is C16H24N2O3. The van der Waals surface area contributed by atoms with Gasteiger partial charge < -0.3 is 20.1 Å². The Labute approximate surface area is 126 Å². The minimum atomic E-state index is -0.284. The molecule has 0 spiro atoms. The van der Waals surface area contributed by atoms with Gasteiger partial charge in [0.25, 0.3) is 0 Å². The number of benzene rings is 1. The molecule has 1 heterocycles. The Morgan fingerprint density at radius 3 is 3.00 bits per heavy atom. The van der Waals surface area contributed by atoms with E-state index in [1.165, 1.54) is 0 Å². The molecule has 1 saturated heterocycles. The number of carbonyl (C=O) groups excluding carboxylic acids is 1. The zero-order valence-electron chi connectivity index (χ0n) is 12.9. The molecule has 1 aliphatic heterocycles. The normalized spacial score (nSPS) is 18.8. The number of amides is 1. The quantitative estimate of drug-likeness (QED) is 0.869. The molecule has 2 N–H and O–H groups in total. The highest BCUT2D eigenvalue weighted by atomic mass is 16.5. The smallest absolute Gasteiger partial charge is 0.243 e. The first-order valence-corrected chi connectivity index (χ1v) is 7.40. The van der Waals surface area contributed by atoms with Gasteiger partial charge in [-0.3, -0.25) is 4.79 Å². The van der Waals surface area contributed by atoms with Gasteiger partial charge in [-0.15, -0.1) is 0 Å². The highest BCUT2D eigenvalue weighted by Gasteiger charge is 2.21. The predicted octanol–water partition coefficient (Wildman–Crippen LogP) is 1.85. The summed E-state index contributed by atoms with van der Waals surface area (Å²) in [5.41, 5.74) is 2.97. The van der Waals surface area contributed by atoms with E-state index in [-0.39, 0.29) is 18.1 Å². The van der Waals surface area contributed by atoms with Crippen LogP contribution in [0.1, 0.15) is 25.0 Å². The number of ether oxygens (including phenoxy) is 2. The molecule has 1 amide bonds. The second-order valence-corrected chi connectivity index (χ2v) is 5.52. The second-order valence-electron chi connectivity index (χ2n) is 5.52. The van der Waals surface area contributed by atoms with Crippen molar-refractivity contribution >= 4 is 11.6 Å². The summed E-state index contributed by atoms with van der Waals surface area (Å²) < 4.78 is 11.0. The van der Waals surface area contributed by atoms with E-state index in [4.69, 9.17) is 9.47 Å². The van der Waals surface area contributed by atoms with E-state index in [0.717, 1.165) is 16.8 Å². The number of rotatable bonds is 5. The molecule has 2 rings (SSSR count). The second kappa shape index (κ2) is 7.54. The van der Waals surface area contributed by atoms with Gasteiger partial charge in [0.05, 0.1) is 25.9 Å². The number of nitrogens with one attached hydrogen (secondary N) is 2. The van der Waals surface area contributed by atoms with Crippen molar-refractivity contribution in [1.82, 2.24) is 5.32 Å². The lowest BCUT2D eigenvalue weighted by atomic mass is 10.1. The maximum atomic E-state index is 12.2. The first kappa shape index (κ1) is 15.9. The lowest BCUT2D eigenvalue weighted by molar-refractivity contribution is -0.120. The summed E-state index contributed by atoms with van der Waals surface area (Å²) in [5.74, 6) is -0.0558. The topological polar surface area (TPSA) is 59.6 Å². The highest BCUT2D eigenvalue weighted by molar-refractivity contribution is 5.95. The molecule has 0 bridgehead atoms. The monoisotopic (exact) mass is 292 g/mol. The molecule has 116 valence electrons. The number of hydrogen-bond donors (Lipinski definition) is 2. The summed E-state index contributed by atoms with van der Waals surface area (Å²) in [6.45, 7) is 8.36.